The fraction of sp³-hybridized carbons (Fsp3) is 0.368. The minimum absolute atomic E-state index is 0.198. The monoisotopic (exact) mass is 325 g/mol. The molecule has 1 aliphatic heterocycles. The first-order chi connectivity index (χ1) is 11.7. The molecule has 0 spiro atoms. The summed E-state index contributed by atoms with van der Waals surface area (Å²) in [5, 5.41) is 0. The number of piperazine rings is 1. The van der Waals surface area contributed by atoms with Crippen LogP contribution in [0.1, 0.15) is 18.4 Å². The van der Waals surface area contributed by atoms with Crippen LogP contribution in [0.2, 0.25) is 0 Å². The number of carbonyl (C=O) groups excluding carboxylic acids is 1. The molecular weight excluding hydrogens is 305 g/mol. The lowest BCUT2D eigenvalue weighted by atomic mass is 9.95. The van der Waals surface area contributed by atoms with Gasteiger partial charge in [0.1, 0.15) is 5.82 Å². The Balaban J connectivity index is 1.45. The molecule has 1 aromatic heterocycles. The van der Waals surface area contributed by atoms with E-state index in [2.05, 4.69) is 4.98 Å². The summed E-state index contributed by atoms with van der Waals surface area (Å²) in [6.45, 7) is 2.59. The van der Waals surface area contributed by atoms with Gasteiger partial charge in [-0.3, -0.25) is 9.78 Å². The first-order valence-electron chi connectivity index (χ1n) is 8.40. The Kier molecular flexibility index (Phi) is 3.71. The van der Waals surface area contributed by atoms with Crippen molar-refractivity contribution >= 4 is 11.6 Å². The highest BCUT2D eigenvalue weighted by molar-refractivity contribution is 5.91. The third-order valence-electron chi connectivity index (χ3n) is 5.13. The average molecular weight is 325 g/mol. The normalized spacial score (nSPS) is 19.2. The van der Waals surface area contributed by atoms with Crippen LogP contribution in [0, 0.1) is 5.82 Å². The van der Waals surface area contributed by atoms with E-state index in [0.29, 0.717) is 31.9 Å². The molecule has 5 heteroatoms. The van der Waals surface area contributed by atoms with Gasteiger partial charge in [-0.05, 0) is 36.6 Å². The smallest absolute Gasteiger partial charge is 0.233 e. The fourth-order valence-corrected chi connectivity index (χ4v) is 3.56. The average Bonchev–Trinajstić information content (AvgIpc) is 3.44. The lowest BCUT2D eigenvalue weighted by molar-refractivity contribution is -0.134. The van der Waals surface area contributed by atoms with Gasteiger partial charge in [0, 0.05) is 38.6 Å². The molecule has 0 radical (unpaired) electrons. The largest absolute Gasteiger partial charge is 0.366 e. The third kappa shape index (κ3) is 2.54. The van der Waals surface area contributed by atoms with Crippen molar-refractivity contribution in [1.82, 2.24) is 9.88 Å². The Morgan fingerprint density at radius 1 is 1.04 bits per heavy atom. The maximum absolute atomic E-state index is 13.9. The number of aromatic nitrogens is 1. The van der Waals surface area contributed by atoms with E-state index in [9.17, 15) is 9.18 Å². The summed E-state index contributed by atoms with van der Waals surface area (Å²) in [4.78, 5) is 21.1. The lowest BCUT2D eigenvalue weighted by Gasteiger charge is -2.37. The van der Waals surface area contributed by atoms with Gasteiger partial charge in [0.2, 0.25) is 5.91 Å². The quantitative estimate of drug-likeness (QED) is 0.870. The Hall–Kier alpha value is -2.43. The second-order valence-electron chi connectivity index (χ2n) is 6.55. The molecule has 2 aromatic rings. The number of rotatable bonds is 3. The number of nitrogens with zero attached hydrogens (tertiary/aromatic N) is 3. The number of hydrogen-bond donors (Lipinski definition) is 0. The Bertz CT molecular complexity index is 737. The maximum Gasteiger partial charge on any atom is 0.233 e. The predicted octanol–water partition coefficient (Wildman–Crippen LogP) is 2.60. The van der Waals surface area contributed by atoms with Crippen LogP contribution in [0.4, 0.5) is 10.1 Å². The van der Waals surface area contributed by atoms with E-state index in [1.165, 1.54) is 6.07 Å². The highest BCUT2D eigenvalue weighted by Crippen LogP contribution is 2.49. The summed E-state index contributed by atoms with van der Waals surface area (Å²) in [5.41, 5.74) is 1.28. The van der Waals surface area contributed by atoms with E-state index in [1.54, 1.807) is 24.5 Å². The van der Waals surface area contributed by atoms with Crippen molar-refractivity contribution in [2.75, 3.05) is 31.1 Å². The molecule has 1 amide bonds. The third-order valence-corrected chi connectivity index (χ3v) is 5.13. The summed E-state index contributed by atoms with van der Waals surface area (Å²) in [7, 11) is 0. The van der Waals surface area contributed by atoms with Gasteiger partial charge in [0.25, 0.3) is 0 Å². The lowest BCUT2D eigenvalue weighted by Crippen LogP contribution is -2.51. The molecule has 2 heterocycles. The predicted molar refractivity (Wildman–Crippen MR) is 90.3 cm³/mol. The zero-order valence-corrected chi connectivity index (χ0v) is 13.5. The summed E-state index contributed by atoms with van der Waals surface area (Å²) < 4.78 is 13.9. The van der Waals surface area contributed by atoms with Crippen LogP contribution in [0.5, 0.6) is 0 Å². The molecule has 1 aliphatic carbocycles. The minimum atomic E-state index is -0.367. The van der Waals surface area contributed by atoms with E-state index < -0.39 is 0 Å². The van der Waals surface area contributed by atoms with Gasteiger partial charge in [-0.15, -0.1) is 0 Å². The van der Waals surface area contributed by atoms with Crippen molar-refractivity contribution in [3.8, 4) is 0 Å². The van der Waals surface area contributed by atoms with Crippen molar-refractivity contribution in [1.29, 1.82) is 0 Å². The summed E-state index contributed by atoms with van der Waals surface area (Å²) >= 11 is 0. The van der Waals surface area contributed by atoms with Crippen molar-refractivity contribution in [3.63, 3.8) is 0 Å². The molecule has 24 heavy (non-hydrogen) atoms. The van der Waals surface area contributed by atoms with Crippen LogP contribution in [0.15, 0.2) is 48.8 Å². The van der Waals surface area contributed by atoms with Gasteiger partial charge in [0.05, 0.1) is 11.1 Å². The number of halogens is 1. The van der Waals surface area contributed by atoms with Crippen LogP contribution in [0.25, 0.3) is 0 Å². The molecule has 2 aliphatic rings. The zero-order valence-electron chi connectivity index (χ0n) is 13.5. The van der Waals surface area contributed by atoms with E-state index in [-0.39, 0.29) is 17.1 Å². The van der Waals surface area contributed by atoms with Gasteiger partial charge >= 0.3 is 0 Å². The summed E-state index contributed by atoms with van der Waals surface area (Å²) in [5.74, 6) is -0.00465. The second-order valence-corrected chi connectivity index (χ2v) is 6.55. The molecule has 124 valence electrons. The molecule has 2 fully saturated rings. The standard InChI is InChI=1S/C19H20FN3O/c20-16-5-1-2-6-17(16)22-10-12-23(13-11-22)18(24)19(7-8-19)15-4-3-9-21-14-15/h1-6,9,14H,7-8,10-13H2. The van der Waals surface area contributed by atoms with Gasteiger partial charge < -0.3 is 9.80 Å². The number of hydrogen-bond acceptors (Lipinski definition) is 3. The van der Waals surface area contributed by atoms with E-state index in [1.807, 2.05) is 28.0 Å². The van der Waals surface area contributed by atoms with Crippen LogP contribution < -0.4 is 4.90 Å². The van der Waals surface area contributed by atoms with Crippen LogP contribution in [0.3, 0.4) is 0 Å². The highest BCUT2D eigenvalue weighted by atomic mass is 19.1. The second kappa shape index (κ2) is 5.89. The maximum atomic E-state index is 13.9. The van der Waals surface area contributed by atoms with Crippen LogP contribution in [-0.4, -0.2) is 42.0 Å². The number of anilines is 1. The summed E-state index contributed by atoms with van der Waals surface area (Å²) in [6.07, 6.45) is 5.33. The molecule has 1 aromatic carbocycles. The van der Waals surface area contributed by atoms with Gasteiger partial charge in [0.15, 0.2) is 0 Å². The molecule has 1 saturated heterocycles. The first-order valence-corrected chi connectivity index (χ1v) is 8.40. The van der Waals surface area contributed by atoms with Crippen molar-refractivity contribution < 1.29 is 9.18 Å². The highest BCUT2D eigenvalue weighted by Gasteiger charge is 2.53. The number of benzene rings is 1. The molecule has 1 saturated carbocycles. The zero-order chi connectivity index (χ0) is 16.6. The number of para-hydroxylation sites is 1. The Morgan fingerprint density at radius 2 is 1.79 bits per heavy atom. The topological polar surface area (TPSA) is 36.4 Å². The number of amides is 1. The van der Waals surface area contributed by atoms with Crippen molar-refractivity contribution in [2.45, 2.75) is 18.3 Å². The molecule has 0 atom stereocenters. The number of pyridine rings is 1. The molecule has 0 N–H and O–H groups in total. The van der Waals surface area contributed by atoms with Crippen molar-refractivity contribution in [3.05, 3.63) is 60.2 Å². The Morgan fingerprint density at radius 3 is 2.42 bits per heavy atom. The SMILES string of the molecule is O=C(N1CCN(c2ccccc2F)CC1)C1(c2cccnc2)CC1. The summed E-state index contributed by atoms with van der Waals surface area (Å²) in [6, 6.07) is 10.7. The van der Waals surface area contributed by atoms with E-state index >= 15 is 0 Å². The van der Waals surface area contributed by atoms with E-state index in [0.717, 1.165) is 18.4 Å². The van der Waals surface area contributed by atoms with Gasteiger partial charge in [-0.25, -0.2) is 4.39 Å². The van der Waals surface area contributed by atoms with Crippen LogP contribution in [-0.2, 0) is 10.2 Å². The fourth-order valence-electron chi connectivity index (χ4n) is 3.56. The van der Waals surface area contributed by atoms with E-state index in [4.69, 9.17) is 0 Å². The van der Waals surface area contributed by atoms with Gasteiger partial charge in [-0.2, -0.15) is 0 Å². The number of carbonyl (C=O) groups is 1. The molecule has 0 unspecified atom stereocenters. The van der Waals surface area contributed by atoms with Crippen LogP contribution >= 0.6 is 0 Å². The first kappa shape index (κ1) is 15.1. The minimum Gasteiger partial charge on any atom is -0.366 e. The Labute approximate surface area is 140 Å². The van der Waals surface area contributed by atoms with Gasteiger partial charge in [-0.1, -0.05) is 18.2 Å². The van der Waals surface area contributed by atoms with Crippen molar-refractivity contribution in [2.24, 2.45) is 0 Å². The molecular formula is C19H20FN3O. The molecule has 4 rings (SSSR count). The molecule has 4 nitrogen and oxygen atoms in total. The molecule has 0 bridgehead atoms.